The molecular formula is C16H22N3O3+. The third-order valence-electron chi connectivity index (χ3n) is 4.15. The highest BCUT2D eigenvalue weighted by Gasteiger charge is 2.52. The maximum atomic E-state index is 12.5. The number of benzene rings is 1. The first-order valence-electron chi connectivity index (χ1n) is 7.38. The number of quaternary nitrogens is 1. The fourth-order valence-electron chi connectivity index (χ4n) is 2.99. The van der Waals surface area contributed by atoms with Crippen LogP contribution in [0.3, 0.4) is 0 Å². The number of anilines is 1. The number of nitrogens with zero attached hydrogens (tertiary/aromatic N) is 2. The van der Waals surface area contributed by atoms with E-state index in [1.807, 2.05) is 19.9 Å². The second-order valence-corrected chi connectivity index (χ2v) is 5.71. The van der Waals surface area contributed by atoms with Gasteiger partial charge in [0.15, 0.2) is 5.69 Å². The minimum atomic E-state index is -0.310. The van der Waals surface area contributed by atoms with Gasteiger partial charge in [-0.2, -0.15) is 4.48 Å². The van der Waals surface area contributed by atoms with Gasteiger partial charge in [0.2, 0.25) is 0 Å². The van der Waals surface area contributed by atoms with Crippen molar-refractivity contribution in [2.45, 2.75) is 26.7 Å². The fraction of sp³-hybridized carbons (Fsp3) is 0.438. The van der Waals surface area contributed by atoms with Crippen molar-refractivity contribution in [1.29, 1.82) is 0 Å². The highest BCUT2D eigenvalue weighted by Crippen LogP contribution is 2.40. The number of carbonyl (C=O) groups excluding carboxylic acids is 3. The first kappa shape index (κ1) is 16.2. The lowest BCUT2D eigenvalue weighted by molar-refractivity contribution is -0.137. The SMILES string of the molecule is CC[N+]1(c2c(C)cccc2NC(=O)N(C)C)C(=O)CCC1=O. The van der Waals surface area contributed by atoms with E-state index >= 15 is 0 Å². The van der Waals surface area contributed by atoms with Gasteiger partial charge in [-0.3, -0.25) is 0 Å². The zero-order valence-electron chi connectivity index (χ0n) is 13.5. The Kier molecular flexibility index (Phi) is 4.32. The summed E-state index contributed by atoms with van der Waals surface area (Å²) in [5.41, 5.74) is 1.93. The van der Waals surface area contributed by atoms with E-state index in [2.05, 4.69) is 5.32 Å². The second kappa shape index (κ2) is 5.88. The minimum Gasteiger partial charge on any atom is -0.331 e. The van der Waals surface area contributed by atoms with E-state index in [4.69, 9.17) is 0 Å². The summed E-state index contributed by atoms with van der Waals surface area (Å²) in [5.74, 6) is -0.218. The summed E-state index contributed by atoms with van der Waals surface area (Å²) in [6.07, 6.45) is 0.504. The number of carbonyl (C=O) groups is 3. The van der Waals surface area contributed by atoms with E-state index in [0.717, 1.165) is 5.56 Å². The van der Waals surface area contributed by atoms with Crippen molar-refractivity contribution in [1.82, 2.24) is 9.38 Å². The maximum absolute atomic E-state index is 12.5. The molecule has 6 heteroatoms. The van der Waals surface area contributed by atoms with E-state index in [1.165, 1.54) is 4.90 Å². The van der Waals surface area contributed by atoms with Gasteiger partial charge in [0, 0.05) is 19.7 Å². The van der Waals surface area contributed by atoms with Gasteiger partial charge in [0.05, 0.1) is 19.4 Å². The molecule has 1 heterocycles. The summed E-state index contributed by atoms with van der Waals surface area (Å²) in [6, 6.07) is 5.11. The number of aryl methyl sites for hydroxylation is 1. The first-order valence-corrected chi connectivity index (χ1v) is 7.38. The lowest BCUT2D eigenvalue weighted by Crippen LogP contribution is -2.54. The molecule has 0 unspecified atom stereocenters. The number of hydrogen-bond acceptors (Lipinski definition) is 3. The molecular weight excluding hydrogens is 282 g/mol. The largest absolute Gasteiger partial charge is 0.331 e. The Morgan fingerprint density at radius 1 is 1.23 bits per heavy atom. The first-order chi connectivity index (χ1) is 10.3. The fourth-order valence-corrected chi connectivity index (χ4v) is 2.99. The van der Waals surface area contributed by atoms with Crippen LogP contribution in [0.4, 0.5) is 16.2 Å². The molecule has 0 saturated carbocycles. The van der Waals surface area contributed by atoms with Crippen LogP contribution in [-0.4, -0.2) is 43.4 Å². The molecule has 2 rings (SSSR count). The quantitative estimate of drug-likeness (QED) is 0.688. The number of hydrogen-bond donors (Lipinski definition) is 1. The Labute approximate surface area is 130 Å². The van der Waals surface area contributed by atoms with Crippen LogP contribution in [0.1, 0.15) is 25.3 Å². The number of urea groups is 1. The lowest BCUT2D eigenvalue weighted by Gasteiger charge is -2.30. The van der Waals surface area contributed by atoms with Gasteiger partial charge in [-0.15, -0.1) is 0 Å². The van der Waals surface area contributed by atoms with Crippen molar-refractivity contribution >= 4 is 29.2 Å². The molecule has 6 nitrogen and oxygen atoms in total. The van der Waals surface area contributed by atoms with Crippen molar-refractivity contribution in [2.75, 3.05) is 26.0 Å². The molecule has 1 aromatic carbocycles. The van der Waals surface area contributed by atoms with E-state index in [0.29, 0.717) is 17.9 Å². The molecule has 22 heavy (non-hydrogen) atoms. The van der Waals surface area contributed by atoms with Crippen LogP contribution < -0.4 is 9.80 Å². The van der Waals surface area contributed by atoms with Crippen LogP contribution in [0.15, 0.2) is 18.2 Å². The molecule has 0 atom stereocenters. The Balaban J connectivity index is 2.61. The predicted molar refractivity (Wildman–Crippen MR) is 85.5 cm³/mol. The van der Waals surface area contributed by atoms with Gasteiger partial charge in [-0.25, -0.2) is 14.4 Å². The normalized spacial score (nSPS) is 16.7. The van der Waals surface area contributed by atoms with Crippen molar-refractivity contribution in [3.05, 3.63) is 23.8 Å². The van der Waals surface area contributed by atoms with Gasteiger partial charge in [0.1, 0.15) is 5.69 Å². The van der Waals surface area contributed by atoms with Crippen molar-refractivity contribution < 1.29 is 14.4 Å². The molecule has 0 bridgehead atoms. The highest BCUT2D eigenvalue weighted by molar-refractivity contribution is 6.16. The smallest absolute Gasteiger partial charge is 0.326 e. The zero-order valence-corrected chi connectivity index (χ0v) is 13.5. The van der Waals surface area contributed by atoms with Crippen LogP contribution >= 0.6 is 0 Å². The van der Waals surface area contributed by atoms with Crippen LogP contribution in [0.5, 0.6) is 0 Å². The zero-order chi connectivity index (χ0) is 16.5. The van der Waals surface area contributed by atoms with Gasteiger partial charge in [0.25, 0.3) is 0 Å². The summed E-state index contributed by atoms with van der Waals surface area (Å²) < 4.78 is -0.310. The summed E-state index contributed by atoms with van der Waals surface area (Å²) in [4.78, 5) is 38.4. The van der Waals surface area contributed by atoms with E-state index in [1.54, 1.807) is 26.2 Å². The average molecular weight is 304 g/mol. The molecule has 1 fully saturated rings. The standard InChI is InChI=1S/C16H21N3O3/c1-5-19(13(20)9-10-14(19)21)15-11(2)7-6-8-12(15)17-16(22)18(3)4/h6-8H,5,9-10H2,1-4H3/p+1. The Morgan fingerprint density at radius 2 is 1.82 bits per heavy atom. The molecule has 1 aliphatic rings. The summed E-state index contributed by atoms with van der Waals surface area (Å²) in [5, 5.41) is 2.79. The molecule has 0 aliphatic carbocycles. The molecule has 0 spiro atoms. The summed E-state index contributed by atoms with van der Waals surface area (Å²) >= 11 is 0. The Bertz CT molecular complexity index is 622. The predicted octanol–water partition coefficient (Wildman–Crippen LogP) is 2.26. The molecule has 4 amide bonds. The molecule has 0 aromatic heterocycles. The number of amides is 4. The van der Waals surface area contributed by atoms with Crippen LogP contribution in [0.25, 0.3) is 0 Å². The number of likely N-dealkylation sites (tertiary alicyclic amines) is 1. The average Bonchev–Trinajstić information content (AvgIpc) is 2.75. The number of rotatable bonds is 3. The lowest BCUT2D eigenvalue weighted by atomic mass is 10.1. The number of imide groups is 1. The number of para-hydroxylation sites is 1. The van der Waals surface area contributed by atoms with E-state index in [-0.39, 0.29) is 35.2 Å². The van der Waals surface area contributed by atoms with Gasteiger partial charge < -0.3 is 10.2 Å². The third-order valence-corrected chi connectivity index (χ3v) is 4.15. The maximum Gasteiger partial charge on any atom is 0.326 e. The number of nitrogens with one attached hydrogen (secondary N) is 1. The summed E-state index contributed by atoms with van der Waals surface area (Å²) in [7, 11) is 3.28. The van der Waals surface area contributed by atoms with Gasteiger partial charge in [-0.05, 0) is 19.9 Å². The summed E-state index contributed by atoms with van der Waals surface area (Å²) in [6.45, 7) is 4.04. The van der Waals surface area contributed by atoms with Crippen molar-refractivity contribution in [2.24, 2.45) is 0 Å². The van der Waals surface area contributed by atoms with Gasteiger partial charge >= 0.3 is 17.8 Å². The van der Waals surface area contributed by atoms with E-state index < -0.39 is 0 Å². The molecule has 118 valence electrons. The van der Waals surface area contributed by atoms with Crippen molar-refractivity contribution in [3.8, 4) is 0 Å². The molecule has 1 N–H and O–H groups in total. The van der Waals surface area contributed by atoms with E-state index in [9.17, 15) is 14.4 Å². The van der Waals surface area contributed by atoms with Crippen LogP contribution in [-0.2, 0) is 9.59 Å². The Hall–Kier alpha value is -2.21. The van der Waals surface area contributed by atoms with Crippen molar-refractivity contribution in [3.63, 3.8) is 0 Å². The molecule has 1 saturated heterocycles. The Morgan fingerprint density at radius 3 is 2.32 bits per heavy atom. The molecule has 0 radical (unpaired) electrons. The third kappa shape index (κ3) is 2.39. The molecule has 1 aliphatic heterocycles. The molecule has 1 aromatic rings. The topological polar surface area (TPSA) is 66.5 Å². The minimum absolute atomic E-state index is 0.109. The monoisotopic (exact) mass is 304 g/mol. The van der Waals surface area contributed by atoms with Crippen LogP contribution in [0.2, 0.25) is 0 Å². The van der Waals surface area contributed by atoms with Crippen LogP contribution in [0, 0.1) is 6.92 Å². The highest BCUT2D eigenvalue weighted by atomic mass is 16.2. The van der Waals surface area contributed by atoms with Gasteiger partial charge in [-0.1, -0.05) is 12.1 Å². The second-order valence-electron chi connectivity index (χ2n) is 5.71.